The highest BCUT2D eigenvalue weighted by atomic mass is 35.5. The molecule has 16 nitrogen and oxygen atoms in total. The second kappa shape index (κ2) is 13.1. The molecule has 0 bridgehead atoms. The molecule has 0 amide bonds. The van der Waals surface area contributed by atoms with E-state index >= 15 is 0 Å². The number of azo groups is 1. The first kappa shape index (κ1) is 35.3. The minimum atomic E-state index is -5.11. The Hall–Kier alpha value is -5.05. The van der Waals surface area contributed by atoms with Crippen molar-refractivity contribution in [2.75, 3.05) is 16.3 Å². The van der Waals surface area contributed by atoms with E-state index in [1.54, 1.807) is 30.3 Å². The molecule has 0 unspecified atom stereocenters. The fraction of sp³-hybridized carbons (Fsp3) is 0.0690. The van der Waals surface area contributed by atoms with Gasteiger partial charge in [0, 0.05) is 22.7 Å². The summed E-state index contributed by atoms with van der Waals surface area (Å²) in [7, 11) is -13.6. The zero-order chi connectivity index (χ0) is 35.9. The fourth-order valence-electron chi connectivity index (χ4n) is 4.61. The van der Waals surface area contributed by atoms with Crippen LogP contribution in [-0.2, 0) is 36.7 Å². The van der Waals surface area contributed by atoms with Gasteiger partial charge in [0.2, 0.25) is 21.3 Å². The lowest BCUT2D eigenvalue weighted by atomic mass is 10.1. The minimum absolute atomic E-state index is 0.0261. The first-order valence-corrected chi connectivity index (χ1v) is 18.6. The highest BCUT2D eigenvalue weighted by molar-refractivity contribution is 7.92. The Bertz CT molecular complexity index is 2640. The predicted octanol–water partition coefficient (Wildman–Crippen LogP) is 3.82. The standard InChI is InChI=1S/C29H24ClN7O9S3/c1-15-6-4-9-21(16(15)2)35-36-26-23(49(44,45)46)13-18-12-20(48(41,42)43)14-22(25(18)27(26)38)31-29-33-24(32-28(30)34-29)11-17-7-5-8-19(10-17)37-47(3,39)40/h4-10,12-14,37-38H,1-2,11H2,3H3,(H,41,42,43)(H,44,45,46)(H,31,32,33,34). The van der Waals surface area contributed by atoms with Crippen LogP contribution in [0.3, 0.4) is 0 Å². The highest BCUT2D eigenvalue weighted by Gasteiger charge is 2.26. The fourth-order valence-corrected chi connectivity index (χ4v) is 6.54. The predicted molar refractivity (Wildman–Crippen MR) is 182 cm³/mol. The maximum absolute atomic E-state index is 12.4. The molecule has 0 fully saturated rings. The smallest absolute Gasteiger partial charge is 0.296 e. The van der Waals surface area contributed by atoms with Crippen LogP contribution in [0.25, 0.3) is 23.9 Å². The van der Waals surface area contributed by atoms with Crippen LogP contribution >= 0.6 is 11.6 Å². The van der Waals surface area contributed by atoms with Gasteiger partial charge in [-0.3, -0.25) is 13.8 Å². The van der Waals surface area contributed by atoms with Crippen LogP contribution in [0.4, 0.5) is 28.7 Å². The lowest BCUT2D eigenvalue weighted by Gasteiger charge is -2.15. The van der Waals surface area contributed by atoms with Crippen molar-refractivity contribution in [2.24, 2.45) is 10.2 Å². The number of halogens is 1. The van der Waals surface area contributed by atoms with Crippen molar-refractivity contribution in [1.29, 1.82) is 0 Å². The maximum Gasteiger partial charge on any atom is 0.296 e. The van der Waals surface area contributed by atoms with Gasteiger partial charge in [0.05, 0.1) is 22.5 Å². The van der Waals surface area contributed by atoms with E-state index in [1.165, 1.54) is 12.1 Å². The third-order valence-electron chi connectivity index (χ3n) is 6.70. The van der Waals surface area contributed by atoms with Crippen LogP contribution < -0.4 is 20.5 Å². The van der Waals surface area contributed by atoms with Crippen LogP contribution in [0.1, 0.15) is 11.4 Å². The molecule has 0 radical (unpaired) electrons. The molecule has 5 rings (SSSR count). The summed E-state index contributed by atoms with van der Waals surface area (Å²) in [5, 5.41) is 22.0. The molecule has 20 heteroatoms. The van der Waals surface area contributed by atoms with E-state index in [0.717, 1.165) is 24.5 Å². The number of phenolic OH excluding ortho intramolecular Hbond substituents is 1. The van der Waals surface area contributed by atoms with Gasteiger partial charge in [0.15, 0.2) is 5.75 Å². The van der Waals surface area contributed by atoms with Crippen molar-refractivity contribution in [1.82, 2.24) is 15.0 Å². The topological polar surface area (TPSA) is 251 Å². The Kier molecular flexibility index (Phi) is 9.43. The molecule has 0 aliphatic carbocycles. The number of aromatic hydroxyl groups is 1. The number of fused-ring (bicyclic) bond motifs is 1. The molecule has 1 aromatic heterocycles. The van der Waals surface area contributed by atoms with Crippen LogP contribution in [0.5, 0.6) is 5.75 Å². The van der Waals surface area contributed by atoms with Crippen LogP contribution in [0, 0.1) is 0 Å². The lowest BCUT2D eigenvalue weighted by molar-refractivity contribution is 0.472. The molecule has 0 spiro atoms. The quantitative estimate of drug-likeness (QED) is 0.101. The number of nitrogens with one attached hydrogen (secondary N) is 2. The number of aromatic nitrogens is 3. The number of benzene rings is 4. The molecule has 0 atom stereocenters. The molecule has 49 heavy (non-hydrogen) atoms. The molecule has 0 aliphatic rings. The summed E-state index contributed by atoms with van der Waals surface area (Å²) in [4.78, 5) is 10.7. The van der Waals surface area contributed by atoms with Gasteiger partial charge in [-0.05, 0) is 64.2 Å². The second-order valence-electron chi connectivity index (χ2n) is 10.4. The number of hydrogen-bond acceptors (Lipinski definition) is 13. The number of phenols is 1. The molecule has 4 aromatic carbocycles. The molecule has 254 valence electrons. The van der Waals surface area contributed by atoms with E-state index in [9.17, 15) is 39.5 Å². The molecule has 5 N–H and O–H groups in total. The van der Waals surface area contributed by atoms with E-state index < -0.39 is 51.5 Å². The molecule has 1 heterocycles. The third-order valence-corrected chi connectivity index (χ3v) is 9.17. The van der Waals surface area contributed by atoms with Gasteiger partial charge in [0.1, 0.15) is 16.4 Å². The zero-order valence-corrected chi connectivity index (χ0v) is 28.2. The third kappa shape index (κ3) is 8.34. The van der Waals surface area contributed by atoms with Crippen molar-refractivity contribution in [3.63, 3.8) is 0 Å². The summed E-state index contributed by atoms with van der Waals surface area (Å²) in [5.74, 6) is -1.06. The molecule has 0 aliphatic heterocycles. The minimum Gasteiger partial charge on any atom is -0.505 e. The van der Waals surface area contributed by atoms with Crippen molar-refractivity contribution in [3.05, 3.63) is 87.8 Å². The monoisotopic (exact) mass is 745 g/mol. The van der Waals surface area contributed by atoms with Gasteiger partial charge >= 0.3 is 0 Å². The normalized spacial score (nSPS) is 12.4. The summed E-state index contributed by atoms with van der Waals surface area (Å²) in [6, 6.07) is 13.7. The van der Waals surface area contributed by atoms with Crippen LogP contribution in [0.2, 0.25) is 5.28 Å². The van der Waals surface area contributed by atoms with Crippen LogP contribution in [0.15, 0.2) is 80.7 Å². The van der Waals surface area contributed by atoms with Gasteiger partial charge in [-0.2, -0.15) is 26.8 Å². The highest BCUT2D eigenvalue weighted by Crippen LogP contribution is 2.45. The molecular formula is C29H24ClN7O9S3. The number of rotatable bonds is 10. The van der Waals surface area contributed by atoms with Gasteiger partial charge < -0.3 is 10.4 Å². The number of sulfonamides is 1. The number of nitrogens with zero attached hydrogens (tertiary/aromatic N) is 5. The van der Waals surface area contributed by atoms with E-state index in [0.29, 0.717) is 16.0 Å². The summed E-state index contributed by atoms with van der Waals surface area (Å²) in [6.45, 7) is 7.64. The molecule has 0 saturated carbocycles. The average molecular weight is 746 g/mol. The van der Waals surface area contributed by atoms with Gasteiger partial charge in [0.25, 0.3) is 20.2 Å². The van der Waals surface area contributed by atoms with E-state index in [2.05, 4.69) is 48.4 Å². The van der Waals surface area contributed by atoms with E-state index in [1.807, 2.05) is 0 Å². The Morgan fingerprint density at radius 1 is 0.878 bits per heavy atom. The largest absolute Gasteiger partial charge is 0.505 e. The van der Waals surface area contributed by atoms with Gasteiger partial charge in [-0.25, -0.2) is 13.4 Å². The Morgan fingerprint density at radius 2 is 1.59 bits per heavy atom. The molecule has 5 aromatic rings. The second-order valence-corrected chi connectivity index (χ2v) is 15.3. The molecule has 0 saturated heterocycles. The van der Waals surface area contributed by atoms with Crippen molar-refractivity contribution in [2.45, 2.75) is 16.2 Å². The van der Waals surface area contributed by atoms with Gasteiger partial charge in [-0.15, -0.1) is 10.2 Å². The Balaban J connectivity index is 1.67. The van der Waals surface area contributed by atoms with E-state index in [4.69, 9.17) is 11.6 Å². The van der Waals surface area contributed by atoms with Crippen molar-refractivity contribution >= 4 is 94.5 Å². The first-order valence-electron chi connectivity index (χ1n) is 13.5. The molecular weight excluding hydrogens is 722 g/mol. The summed E-state index contributed by atoms with van der Waals surface area (Å²) in [5.41, 5.74) is 0.0269. The van der Waals surface area contributed by atoms with Gasteiger partial charge in [-0.1, -0.05) is 37.4 Å². The summed E-state index contributed by atoms with van der Waals surface area (Å²) >= 11 is 6.16. The SMILES string of the molecule is C=c1cccc(N=Nc2c(S(=O)(=O)O)cc3cc(S(=O)(=O)O)cc(Nc4nc(Cl)nc(Cc5cccc(NS(C)(=O)=O)c5)n4)c3c2O)c1=C. The summed E-state index contributed by atoms with van der Waals surface area (Å²) in [6.07, 6.45) is 1.02. The number of hydrogen-bond donors (Lipinski definition) is 5. The Labute approximate surface area is 284 Å². The summed E-state index contributed by atoms with van der Waals surface area (Å²) < 4.78 is 94.8. The lowest BCUT2D eigenvalue weighted by Crippen LogP contribution is -2.20. The Morgan fingerprint density at radius 3 is 2.27 bits per heavy atom. The zero-order valence-electron chi connectivity index (χ0n) is 25.0. The maximum atomic E-state index is 12.4. The van der Waals surface area contributed by atoms with Crippen molar-refractivity contribution in [3.8, 4) is 5.75 Å². The average Bonchev–Trinajstić information content (AvgIpc) is 2.96. The van der Waals surface area contributed by atoms with Crippen molar-refractivity contribution < 1.29 is 39.5 Å². The first-order chi connectivity index (χ1) is 22.8. The van der Waals surface area contributed by atoms with Crippen LogP contribution in [-0.4, -0.2) is 60.7 Å². The van der Waals surface area contributed by atoms with E-state index in [-0.39, 0.29) is 51.3 Å². The number of anilines is 3.